The van der Waals surface area contributed by atoms with Gasteiger partial charge in [-0.3, -0.25) is 9.58 Å². The van der Waals surface area contributed by atoms with Crippen molar-refractivity contribution < 1.29 is 0 Å². The molecule has 0 atom stereocenters. The zero-order valence-electron chi connectivity index (χ0n) is 8.53. The van der Waals surface area contributed by atoms with E-state index in [1.807, 2.05) is 0 Å². The van der Waals surface area contributed by atoms with E-state index in [0.717, 1.165) is 13.1 Å². The number of hydrogen-bond acceptors (Lipinski definition) is 3. The lowest BCUT2D eigenvalue weighted by molar-refractivity contribution is 0.343. The van der Waals surface area contributed by atoms with Gasteiger partial charge < -0.3 is 5.73 Å². The molecule has 2 heterocycles. The first kappa shape index (κ1) is 8.44. The zero-order chi connectivity index (χ0) is 9.71. The van der Waals surface area contributed by atoms with Crippen LogP contribution < -0.4 is 5.73 Å². The SMILES string of the molecule is CN1Cc2nn(C3CC3)c(CN)c2C1. The van der Waals surface area contributed by atoms with Gasteiger partial charge in [0.25, 0.3) is 0 Å². The third-order valence-electron chi connectivity index (χ3n) is 3.14. The Morgan fingerprint density at radius 1 is 1.43 bits per heavy atom. The predicted octanol–water partition coefficient (Wildman–Crippen LogP) is 0.622. The van der Waals surface area contributed by atoms with Crippen LogP contribution in [0.2, 0.25) is 0 Å². The van der Waals surface area contributed by atoms with Gasteiger partial charge in [-0.05, 0) is 19.9 Å². The topological polar surface area (TPSA) is 47.1 Å². The third-order valence-corrected chi connectivity index (χ3v) is 3.14. The van der Waals surface area contributed by atoms with E-state index in [4.69, 9.17) is 5.73 Å². The van der Waals surface area contributed by atoms with Gasteiger partial charge in [0.1, 0.15) is 0 Å². The van der Waals surface area contributed by atoms with Crippen LogP contribution in [0.5, 0.6) is 0 Å². The van der Waals surface area contributed by atoms with Crippen molar-refractivity contribution in [2.24, 2.45) is 5.73 Å². The van der Waals surface area contributed by atoms with Gasteiger partial charge in [0.15, 0.2) is 0 Å². The second-order valence-electron chi connectivity index (χ2n) is 4.42. The summed E-state index contributed by atoms with van der Waals surface area (Å²) in [5.41, 5.74) is 9.71. The first-order valence-corrected chi connectivity index (χ1v) is 5.27. The van der Waals surface area contributed by atoms with Gasteiger partial charge in [-0.25, -0.2) is 0 Å². The molecule has 2 aliphatic rings. The molecular weight excluding hydrogens is 176 g/mol. The van der Waals surface area contributed by atoms with Crippen LogP contribution in [0.15, 0.2) is 0 Å². The van der Waals surface area contributed by atoms with Gasteiger partial charge in [0, 0.05) is 25.2 Å². The summed E-state index contributed by atoms with van der Waals surface area (Å²) in [6.07, 6.45) is 2.56. The second kappa shape index (κ2) is 2.81. The van der Waals surface area contributed by atoms with Crippen molar-refractivity contribution in [3.05, 3.63) is 17.0 Å². The standard InChI is InChI=1S/C10H16N4/c1-13-5-8-9(6-13)12-14(7-2-3-7)10(8)4-11/h7H,2-6,11H2,1H3. The minimum atomic E-state index is 0.632. The molecule has 1 aromatic rings. The molecular formula is C10H16N4. The summed E-state index contributed by atoms with van der Waals surface area (Å²) in [6, 6.07) is 0.657. The van der Waals surface area contributed by atoms with E-state index >= 15 is 0 Å². The number of aromatic nitrogens is 2. The summed E-state index contributed by atoms with van der Waals surface area (Å²) in [7, 11) is 2.13. The fourth-order valence-corrected chi connectivity index (χ4v) is 2.28. The van der Waals surface area contributed by atoms with E-state index in [0.29, 0.717) is 12.6 Å². The fraction of sp³-hybridized carbons (Fsp3) is 0.700. The highest BCUT2D eigenvalue weighted by Crippen LogP contribution is 2.37. The quantitative estimate of drug-likeness (QED) is 0.747. The van der Waals surface area contributed by atoms with Crippen molar-refractivity contribution in [2.45, 2.75) is 38.5 Å². The lowest BCUT2D eigenvalue weighted by Crippen LogP contribution is -2.14. The van der Waals surface area contributed by atoms with Crippen LogP contribution in [0.3, 0.4) is 0 Å². The van der Waals surface area contributed by atoms with Crippen molar-refractivity contribution in [1.82, 2.24) is 14.7 Å². The second-order valence-corrected chi connectivity index (χ2v) is 4.42. The van der Waals surface area contributed by atoms with E-state index in [-0.39, 0.29) is 0 Å². The van der Waals surface area contributed by atoms with Gasteiger partial charge >= 0.3 is 0 Å². The predicted molar refractivity (Wildman–Crippen MR) is 53.6 cm³/mol. The summed E-state index contributed by atoms with van der Waals surface area (Å²) in [6.45, 7) is 2.64. The largest absolute Gasteiger partial charge is 0.325 e. The summed E-state index contributed by atoms with van der Waals surface area (Å²) >= 11 is 0. The van der Waals surface area contributed by atoms with Crippen LogP contribution in [-0.4, -0.2) is 21.7 Å². The lowest BCUT2D eigenvalue weighted by Gasteiger charge is -2.09. The molecule has 1 aliphatic carbocycles. The summed E-state index contributed by atoms with van der Waals surface area (Å²) in [5.74, 6) is 0. The average Bonchev–Trinajstić information content (AvgIpc) is 2.85. The van der Waals surface area contributed by atoms with E-state index < -0.39 is 0 Å². The minimum Gasteiger partial charge on any atom is -0.325 e. The van der Waals surface area contributed by atoms with Crippen LogP contribution in [-0.2, 0) is 19.6 Å². The minimum absolute atomic E-state index is 0.632. The molecule has 14 heavy (non-hydrogen) atoms. The Bertz CT molecular complexity index is 364. The molecule has 0 saturated heterocycles. The third kappa shape index (κ3) is 1.11. The van der Waals surface area contributed by atoms with Gasteiger partial charge in [-0.2, -0.15) is 5.10 Å². The smallest absolute Gasteiger partial charge is 0.0813 e. The molecule has 0 unspecified atom stereocenters. The number of rotatable bonds is 2. The molecule has 1 fully saturated rings. The Labute approximate surface area is 83.7 Å². The maximum absolute atomic E-state index is 5.80. The van der Waals surface area contributed by atoms with Crippen LogP contribution in [0, 0.1) is 0 Å². The first-order chi connectivity index (χ1) is 6.79. The first-order valence-electron chi connectivity index (χ1n) is 5.27. The highest BCUT2D eigenvalue weighted by molar-refractivity contribution is 5.30. The van der Waals surface area contributed by atoms with E-state index in [2.05, 4.69) is 21.7 Å². The molecule has 1 aliphatic heterocycles. The molecule has 0 radical (unpaired) electrons. The molecule has 3 rings (SSSR count). The summed E-state index contributed by atoms with van der Waals surface area (Å²) < 4.78 is 2.18. The summed E-state index contributed by atoms with van der Waals surface area (Å²) in [4.78, 5) is 2.29. The van der Waals surface area contributed by atoms with Crippen molar-refractivity contribution >= 4 is 0 Å². The molecule has 0 bridgehead atoms. The molecule has 0 aromatic carbocycles. The molecule has 0 spiro atoms. The number of hydrogen-bond donors (Lipinski definition) is 1. The van der Waals surface area contributed by atoms with E-state index in [1.165, 1.54) is 29.8 Å². The van der Waals surface area contributed by atoms with Crippen molar-refractivity contribution in [3.8, 4) is 0 Å². The number of nitrogens with two attached hydrogens (primary N) is 1. The molecule has 0 amide bonds. The zero-order valence-corrected chi connectivity index (χ0v) is 8.53. The molecule has 2 N–H and O–H groups in total. The van der Waals surface area contributed by atoms with Crippen LogP contribution >= 0.6 is 0 Å². The van der Waals surface area contributed by atoms with Gasteiger partial charge in [-0.15, -0.1) is 0 Å². The number of nitrogens with zero attached hydrogens (tertiary/aromatic N) is 3. The Kier molecular flexibility index (Phi) is 1.69. The highest BCUT2D eigenvalue weighted by Gasteiger charge is 2.31. The van der Waals surface area contributed by atoms with Crippen molar-refractivity contribution in [2.75, 3.05) is 7.05 Å². The molecule has 76 valence electrons. The van der Waals surface area contributed by atoms with Crippen LogP contribution in [0.25, 0.3) is 0 Å². The normalized spacial score (nSPS) is 21.6. The maximum atomic E-state index is 5.80. The van der Waals surface area contributed by atoms with E-state index in [1.54, 1.807) is 0 Å². The summed E-state index contributed by atoms with van der Waals surface area (Å²) in [5, 5.41) is 4.67. The van der Waals surface area contributed by atoms with Crippen LogP contribution in [0.1, 0.15) is 35.8 Å². The average molecular weight is 192 g/mol. The number of fused-ring (bicyclic) bond motifs is 1. The highest BCUT2D eigenvalue weighted by atomic mass is 15.3. The Morgan fingerprint density at radius 3 is 2.86 bits per heavy atom. The van der Waals surface area contributed by atoms with Crippen LogP contribution in [0.4, 0.5) is 0 Å². The van der Waals surface area contributed by atoms with Gasteiger partial charge in [-0.1, -0.05) is 0 Å². The monoisotopic (exact) mass is 192 g/mol. The lowest BCUT2D eigenvalue weighted by atomic mass is 10.2. The van der Waals surface area contributed by atoms with Gasteiger partial charge in [0.2, 0.25) is 0 Å². The maximum Gasteiger partial charge on any atom is 0.0813 e. The Morgan fingerprint density at radius 2 is 2.21 bits per heavy atom. The molecule has 4 heteroatoms. The molecule has 1 saturated carbocycles. The van der Waals surface area contributed by atoms with E-state index in [9.17, 15) is 0 Å². The van der Waals surface area contributed by atoms with Crippen molar-refractivity contribution in [1.29, 1.82) is 0 Å². The van der Waals surface area contributed by atoms with Gasteiger partial charge in [0.05, 0.1) is 17.4 Å². The Balaban J connectivity index is 2.04. The van der Waals surface area contributed by atoms with Crippen molar-refractivity contribution in [3.63, 3.8) is 0 Å². The molecule has 1 aromatic heterocycles. The molecule has 4 nitrogen and oxygen atoms in total. The fourth-order valence-electron chi connectivity index (χ4n) is 2.28. The Hall–Kier alpha value is -0.870.